The molecule has 0 unspecified atom stereocenters. The summed E-state index contributed by atoms with van der Waals surface area (Å²) >= 11 is 0. The lowest BCUT2D eigenvalue weighted by Crippen LogP contribution is -2.11. The summed E-state index contributed by atoms with van der Waals surface area (Å²) < 4.78 is 16.4. The number of ether oxygens (including phenoxy) is 3. The van der Waals surface area contributed by atoms with Crippen LogP contribution in [0.4, 0.5) is 0 Å². The summed E-state index contributed by atoms with van der Waals surface area (Å²) in [7, 11) is 1.63. The van der Waals surface area contributed by atoms with Crippen LogP contribution >= 0.6 is 0 Å². The highest BCUT2D eigenvalue weighted by atomic mass is 16.5. The summed E-state index contributed by atoms with van der Waals surface area (Å²) in [5.74, 6) is 0.492. The fourth-order valence-corrected chi connectivity index (χ4v) is 3.74. The number of carbonyl (C=O) groups excluding carboxylic acids is 1. The summed E-state index contributed by atoms with van der Waals surface area (Å²) in [6, 6.07) is 26.0. The molecule has 0 atom stereocenters. The van der Waals surface area contributed by atoms with Crippen LogP contribution in [-0.4, -0.2) is 31.3 Å². The van der Waals surface area contributed by atoms with Crippen LogP contribution in [0.1, 0.15) is 17.5 Å². The zero-order valence-electron chi connectivity index (χ0n) is 18.7. The predicted molar refractivity (Wildman–Crippen MR) is 129 cm³/mol. The number of hydrogen-bond acceptors (Lipinski definition) is 5. The first-order chi connectivity index (χ1) is 16.2. The maximum Gasteiger partial charge on any atom is 0.310 e. The Labute approximate surface area is 194 Å². The van der Waals surface area contributed by atoms with E-state index in [0.717, 1.165) is 38.9 Å². The highest BCUT2D eigenvalue weighted by Crippen LogP contribution is 2.33. The van der Waals surface area contributed by atoms with E-state index in [1.807, 2.05) is 78.9 Å². The van der Waals surface area contributed by atoms with Crippen LogP contribution in [0.25, 0.3) is 22.0 Å². The van der Waals surface area contributed by atoms with Crippen molar-refractivity contribution in [2.75, 3.05) is 20.3 Å². The molecule has 1 aromatic heterocycles. The third kappa shape index (κ3) is 5.96. The van der Waals surface area contributed by atoms with Crippen molar-refractivity contribution in [1.82, 2.24) is 4.98 Å². The quantitative estimate of drug-likeness (QED) is 0.237. The molecule has 0 aliphatic rings. The van der Waals surface area contributed by atoms with Gasteiger partial charge in [-0.25, -0.2) is 0 Å². The second-order valence-electron chi connectivity index (χ2n) is 7.72. The molecule has 0 fully saturated rings. The normalized spacial score (nSPS) is 10.8. The van der Waals surface area contributed by atoms with Crippen LogP contribution in [0.5, 0.6) is 5.75 Å². The molecule has 4 rings (SSSR count). The average molecular weight is 442 g/mol. The van der Waals surface area contributed by atoms with E-state index in [4.69, 9.17) is 14.2 Å². The number of benzene rings is 3. The van der Waals surface area contributed by atoms with E-state index < -0.39 is 0 Å². The van der Waals surface area contributed by atoms with Gasteiger partial charge in [-0.05, 0) is 40.5 Å². The van der Waals surface area contributed by atoms with Crippen LogP contribution in [0.2, 0.25) is 0 Å². The number of aromatic nitrogens is 1. The minimum Gasteiger partial charge on any atom is -0.489 e. The number of fused-ring (bicyclic) bond motifs is 1. The van der Waals surface area contributed by atoms with Crippen molar-refractivity contribution in [2.45, 2.75) is 19.4 Å². The lowest BCUT2D eigenvalue weighted by atomic mass is 9.95. The van der Waals surface area contributed by atoms with E-state index >= 15 is 0 Å². The Morgan fingerprint density at radius 3 is 2.58 bits per heavy atom. The Morgan fingerprint density at radius 2 is 1.73 bits per heavy atom. The summed E-state index contributed by atoms with van der Waals surface area (Å²) in [5, 5.41) is 0.988. The zero-order valence-corrected chi connectivity index (χ0v) is 18.7. The topological polar surface area (TPSA) is 57.7 Å². The van der Waals surface area contributed by atoms with Gasteiger partial charge >= 0.3 is 5.97 Å². The first kappa shape index (κ1) is 22.5. The van der Waals surface area contributed by atoms with Gasteiger partial charge in [0.1, 0.15) is 12.4 Å². The largest absolute Gasteiger partial charge is 0.489 e. The first-order valence-corrected chi connectivity index (χ1v) is 11.0. The molecule has 5 heteroatoms. The smallest absolute Gasteiger partial charge is 0.310 e. The second-order valence-corrected chi connectivity index (χ2v) is 7.72. The molecule has 3 aromatic carbocycles. The minimum atomic E-state index is -0.277. The zero-order chi connectivity index (χ0) is 22.9. The maximum absolute atomic E-state index is 12.5. The van der Waals surface area contributed by atoms with E-state index in [1.165, 1.54) is 0 Å². The van der Waals surface area contributed by atoms with E-state index in [2.05, 4.69) is 4.98 Å². The fraction of sp³-hybridized carbons (Fsp3) is 0.214. The van der Waals surface area contributed by atoms with Gasteiger partial charge in [-0.2, -0.15) is 0 Å². The monoisotopic (exact) mass is 441 g/mol. The Morgan fingerprint density at radius 1 is 0.909 bits per heavy atom. The summed E-state index contributed by atoms with van der Waals surface area (Å²) in [6.07, 6.45) is 2.59. The molecule has 5 nitrogen and oxygen atoms in total. The van der Waals surface area contributed by atoms with Crippen LogP contribution in [0.3, 0.4) is 0 Å². The first-order valence-electron chi connectivity index (χ1n) is 11.0. The molecule has 33 heavy (non-hydrogen) atoms. The van der Waals surface area contributed by atoms with Crippen molar-refractivity contribution in [1.29, 1.82) is 0 Å². The lowest BCUT2D eigenvalue weighted by molar-refractivity contribution is -0.143. The van der Waals surface area contributed by atoms with Crippen molar-refractivity contribution < 1.29 is 19.0 Å². The van der Waals surface area contributed by atoms with Gasteiger partial charge in [-0.3, -0.25) is 9.78 Å². The highest BCUT2D eigenvalue weighted by molar-refractivity contribution is 5.97. The molecule has 0 amide bonds. The molecule has 4 aromatic rings. The van der Waals surface area contributed by atoms with Gasteiger partial charge < -0.3 is 14.2 Å². The van der Waals surface area contributed by atoms with Gasteiger partial charge in [0.25, 0.3) is 0 Å². The Balaban J connectivity index is 1.61. The van der Waals surface area contributed by atoms with Gasteiger partial charge in [0, 0.05) is 31.7 Å². The molecule has 168 valence electrons. The van der Waals surface area contributed by atoms with Crippen molar-refractivity contribution in [3.05, 3.63) is 96.2 Å². The molecular formula is C28H27NO4. The van der Waals surface area contributed by atoms with Gasteiger partial charge in [-0.15, -0.1) is 0 Å². The molecule has 0 radical (unpaired) electrons. The van der Waals surface area contributed by atoms with E-state index in [0.29, 0.717) is 26.2 Å². The minimum absolute atomic E-state index is 0.148. The third-order valence-electron chi connectivity index (χ3n) is 5.32. The number of hydrogen-bond donors (Lipinski definition) is 0. The van der Waals surface area contributed by atoms with E-state index in [-0.39, 0.29) is 12.4 Å². The second kappa shape index (κ2) is 11.2. The number of para-hydroxylation sites is 1. The number of esters is 1. The summed E-state index contributed by atoms with van der Waals surface area (Å²) in [6.45, 7) is 1.39. The van der Waals surface area contributed by atoms with Crippen LogP contribution in [-0.2, 0) is 27.3 Å². The molecule has 0 aliphatic heterocycles. The molecule has 0 saturated carbocycles. The Kier molecular flexibility index (Phi) is 7.67. The number of rotatable bonds is 10. The molecule has 0 N–H and O–H groups in total. The van der Waals surface area contributed by atoms with Crippen LogP contribution < -0.4 is 4.74 Å². The maximum atomic E-state index is 12.5. The van der Waals surface area contributed by atoms with E-state index in [1.54, 1.807) is 13.3 Å². The van der Waals surface area contributed by atoms with Crippen LogP contribution in [0, 0.1) is 0 Å². The van der Waals surface area contributed by atoms with Gasteiger partial charge in [0.05, 0.1) is 18.5 Å². The number of nitrogens with zero attached hydrogens (tertiary/aromatic N) is 1. The average Bonchev–Trinajstić information content (AvgIpc) is 2.86. The summed E-state index contributed by atoms with van der Waals surface area (Å²) in [5.41, 5.74) is 4.75. The molecule has 0 spiro atoms. The lowest BCUT2D eigenvalue weighted by Gasteiger charge is -2.14. The molecule has 0 aliphatic carbocycles. The van der Waals surface area contributed by atoms with Gasteiger partial charge in [0.2, 0.25) is 0 Å². The van der Waals surface area contributed by atoms with Gasteiger partial charge in [0.15, 0.2) is 0 Å². The van der Waals surface area contributed by atoms with Gasteiger partial charge in [-0.1, -0.05) is 60.7 Å². The molecule has 0 bridgehead atoms. The SMILES string of the molecule is COCCCOC(=O)Cc1cnc2ccccc2c1-c1cccc(OCc2ccccc2)c1. The van der Waals surface area contributed by atoms with Crippen molar-refractivity contribution in [3.8, 4) is 16.9 Å². The number of carbonyl (C=O) groups is 1. The number of methoxy groups -OCH3 is 1. The van der Waals surface area contributed by atoms with Crippen molar-refractivity contribution in [3.63, 3.8) is 0 Å². The Hall–Kier alpha value is -3.70. The highest BCUT2D eigenvalue weighted by Gasteiger charge is 2.15. The number of pyridine rings is 1. The Bertz CT molecular complexity index is 1210. The predicted octanol–water partition coefficient (Wildman–Crippen LogP) is 5.60. The van der Waals surface area contributed by atoms with Crippen LogP contribution in [0.15, 0.2) is 85.1 Å². The molecular weight excluding hydrogens is 414 g/mol. The fourth-order valence-electron chi connectivity index (χ4n) is 3.74. The molecule has 0 saturated heterocycles. The summed E-state index contributed by atoms with van der Waals surface area (Å²) in [4.78, 5) is 17.1. The third-order valence-corrected chi connectivity index (χ3v) is 5.32. The molecule has 1 heterocycles. The standard InChI is InChI=1S/C28H27NO4/c1-31-15-8-16-32-27(30)18-23-19-29-26-14-6-5-13-25(26)28(23)22-11-7-12-24(17-22)33-20-21-9-3-2-4-10-21/h2-7,9-14,17,19H,8,15-16,18,20H2,1H3. The van der Waals surface area contributed by atoms with Crippen molar-refractivity contribution >= 4 is 16.9 Å². The van der Waals surface area contributed by atoms with E-state index in [9.17, 15) is 4.79 Å². The van der Waals surface area contributed by atoms with Crippen molar-refractivity contribution in [2.24, 2.45) is 0 Å².